The minimum absolute atomic E-state index is 0.0458. The molecule has 0 aliphatic rings. The summed E-state index contributed by atoms with van der Waals surface area (Å²) in [5.41, 5.74) is 0.870. The van der Waals surface area contributed by atoms with Gasteiger partial charge in [-0.1, -0.05) is 39.0 Å². The Hall–Kier alpha value is -2.29. The Bertz CT molecular complexity index is 598. The summed E-state index contributed by atoms with van der Waals surface area (Å²) in [6.07, 6.45) is 0.952. The first-order valence-electron chi connectivity index (χ1n) is 7.55. The van der Waals surface area contributed by atoms with E-state index in [1.165, 1.54) is 0 Å². The normalized spacial score (nSPS) is 11.0. The van der Waals surface area contributed by atoms with E-state index in [4.69, 9.17) is 4.74 Å². The van der Waals surface area contributed by atoms with E-state index in [2.05, 4.69) is 26.1 Å². The van der Waals surface area contributed by atoms with E-state index in [1.807, 2.05) is 42.5 Å². The van der Waals surface area contributed by atoms with Crippen molar-refractivity contribution < 1.29 is 9.53 Å². The highest BCUT2D eigenvalue weighted by molar-refractivity contribution is 5.94. The lowest BCUT2D eigenvalue weighted by Crippen LogP contribution is -2.27. The molecule has 1 amide bonds. The number of carbonyl (C=O) groups excluding carboxylic acids is 1. The zero-order valence-corrected chi connectivity index (χ0v) is 13.4. The summed E-state index contributed by atoms with van der Waals surface area (Å²) in [4.78, 5) is 12.0. The maximum atomic E-state index is 12.0. The highest BCUT2D eigenvalue weighted by atomic mass is 16.5. The van der Waals surface area contributed by atoms with Crippen LogP contribution >= 0.6 is 0 Å². The second-order valence-electron chi connectivity index (χ2n) is 6.51. The molecule has 2 aromatic rings. The summed E-state index contributed by atoms with van der Waals surface area (Å²) in [6.45, 7) is 7.17. The molecule has 0 spiro atoms. The maximum absolute atomic E-state index is 12.0. The van der Waals surface area contributed by atoms with Crippen LogP contribution in [0.25, 0.3) is 0 Å². The van der Waals surface area contributed by atoms with Gasteiger partial charge in [-0.2, -0.15) is 0 Å². The molecule has 0 aliphatic heterocycles. The van der Waals surface area contributed by atoms with E-state index in [-0.39, 0.29) is 11.3 Å². The van der Waals surface area contributed by atoms with Gasteiger partial charge in [-0.3, -0.25) is 4.79 Å². The van der Waals surface area contributed by atoms with Crippen molar-refractivity contribution in [3.63, 3.8) is 0 Å². The van der Waals surface area contributed by atoms with Crippen molar-refractivity contribution in [2.75, 3.05) is 6.54 Å². The summed E-state index contributed by atoms with van der Waals surface area (Å²) >= 11 is 0. The van der Waals surface area contributed by atoms with E-state index < -0.39 is 0 Å². The Morgan fingerprint density at radius 1 is 0.955 bits per heavy atom. The third-order valence-corrected chi connectivity index (χ3v) is 3.26. The zero-order chi connectivity index (χ0) is 16.0. The summed E-state index contributed by atoms with van der Waals surface area (Å²) in [5, 5.41) is 2.94. The predicted molar refractivity (Wildman–Crippen MR) is 89.4 cm³/mol. The first-order valence-corrected chi connectivity index (χ1v) is 7.55. The fourth-order valence-corrected chi connectivity index (χ4v) is 1.95. The number of amides is 1. The molecule has 0 aromatic heterocycles. The monoisotopic (exact) mass is 297 g/mol. The Morgan fingerprint density at radius 3 is 2.14 bits per heavy atom. The van der Waals surface area contributed by atoms with E-state index in [0.717, 1.165) is 17.9 Å². The molecule has 3 heteroatoms. The van der Waals surface area contributed by atoms with Crippen LogP contribution in [0, 0.1) is 5.41 Å². The number of carbonyl (C=O) groups is 1. The smallest absolute Gasteiger partial charge is 0.251 e. The van der Waals surface area contributed by atoms with Gasteiger partial charge in [0, 0.05) is 12.1 Å². The SMILES string of the molecule is CC(C)(C)CCNC(=O)c1ccc(Oc2ccccc2)cc1. The number of ether oxygens (including phenoxy) is 1. The molecule has 22 heavy (non-hydrogen) atoms. The van der Waals surface area contributed by atoms with Crippen LogP contribution in [0.1, 0.15) is 37.6 Å². The minimum Gasteiger partial charge on any atom is -0.457 e. The van der Waals surface area contributed by atoms with Crippen LogP contribution < -0.4 is 10.1 Å². The van der Waals surface area contributed by atoms with Crippen molar-refractivity contribution in [1.82, 2.24) is 5.32 Å². The third-order valence-electron chi connectivity index (χ3n) is 3.26. The molecule has 116 valence electrons. The molecule has 2 rings (SSSR count). The molecular formula is C19H23NO2. The molecule has 0 saturated carbocycles. The van der Waals surface area contributed by atoms with Crippen LogP contribution in [0.5, 0.6) is 11.5 Å². The lowest BCUT2D eigenvalue weighted by molar-refractivity contribution is 0.0949. The van der Waals surface area contributed by atoms with Crippen LogP contribution in [0.4, 0.5) is 0 Å². The Balaban J connectivity index is 1.90. The van der Waals surface area contributed by atoms with E-state index in [1.54, 1.807) is 12.1 Å². The number of hydrogen-bond donors (Lipinski definition) is 1. The average Bonchev–Trinajstić information content (AvgIpc) is 2.47. The molecule has 2 aromatic carbocycles. The molecule has 0 radical (unpaired) electrons. The molecule has 0 saturated heterocycles. The van der Waals surface area contributed by atoms with Crippen LogP contribution in [-0.2, 0) is 0 Å². The molecule has 1 N–H and O–H groups in total. The van der Waals surface area contributed by atoms with Crippen molar-refractivity contribution in [3.8, 4) is 11.5 Å². The maximum Gasteiger partial charge on any atom is 0.251 e. The summed E-state index contributed by atoms with van der Waals surface area (Å²) in [7, 11) is 0. The van der Waals surface area contributed by atoms with Gasteiger partial charge < -0.3 is 10.1 Å². The van der Waals surface area contributed by atoms with Gasteiger partial charge in [-0.25, -0.2) is 0 Å². The Kier molecular flexibility index (Phi) is 5.21. The van der Waals surface area contributed by atoms with Gasteiger partial charge in [0.1, 0.15) is 11.5 Å². The number of rotatable bonds is 5. The molecule has 0 atom stereocenters. The molecule has 0 bridgehead atoms. The van der Waals surface area contributed by atoms with Crippen molar-refractivity contribution in [2.45, 2.75) is 27.2 Å². The van der Waals surface area contributed by atoms with Gasteiger partial charge in [0.05, 0.1) is 0 Å². The topological polar surface area (TPSA) is 38.3 Å². The molecule has 3 nitrogen and oxygen atoms in total. The first kappa shape index (κ1) is 16.1. The number of hydrogen-bond acceptors (Lipinski definition) is 2. The van der Waals surface area contributed by atoms with Gasteiger partial charge in [-0.15, -0.1) is 0 Å². The lowest BCUT2D eigenvalue weighted by atomic mass is 9.92. The standard InChI is InChI=1S/C19H23NO2/c1-19(2,3)13-14-20-18(21)15-9-11-17(12-10-15)22-16-7-5-4-6-8-16/h4-12H,13-14H2,1-3H3,(H,20,21). The lowest BCUT2D eigenvalue weighted by Gasteiger charge is -2.18. The molecule has 0 unspecified atom stereocenters. The number of benzene rings is 2. The quantitative estimate of drug-likeness (QED) is 0.872. The van der Waals surface area contributed by atoms with Crippen molar-refractivity contribution >= 4 is 5.91 Å². The Labute approximate surface area is 132 Å². The van der Waals surface area contributed by atoms with E-state index in [0.29, 0.717) is 12.1 Å². The van der Waals surface area contributed by atoms with Crippen LogP contribution in [-0.4, -0.2) is 12.5 Å². The third kappa shape index (κ3) is 5.24. The second-order valence-corrected chi connectivity index (χ2v) is 6.51. The summed E-state index contributed by atoms with van der Waals surface area (Å²) < 4.78 is 5.71. The number of para-hydroxylation sites is 1. The molecule has 0 heterocycles. The zero-order valence-electron chi connectivity index (χ0n) is 13.4. The average molecular weight is 297 g/mol. The largest absolute Gasteiger partial charge is 0.457 e. The fraction of sp³-hybridized carbons (Fsp3) is 0.316. The molecule has 0 aliphatic carbocycles. The van der Waals surface area contributed by atoms with Gasteiger partial charge >= 0.3 is 0 Å². The van der Waals surface area contributed by atoms with Crippen LogP contribution in [0.3, 0.4) is 0 Å². The van der Waals surface area contributed by atoms with Gasteiger partial charge in [0.25, 0.3) is 5.91 Å². The van der Waals surface area contributed by atoms with Gasteiger partial charge in [-0.05, 0) is 48.2 Å². The summed E-state index contributed by atoms with van der Waals surface area (Å²) in [6, 6.07) is 16.8. The van der Waals surface area contributed by atoms with Crippen molar-refractivity contribution in [2.24, 2.45) is 5.41 Å². The van der Waals surface area contributed by atoms with Gasteiger partial charge in [0.2, 0.25) is 0 Å². The highest BCUT2D eigenvalue weighted by Crippen LogP contribution is 2.21. The van der Waals surface area contributed by atoms with Crippen LogP contribution in [0.15, 0.2) is 54.6 Å². The van der Waals surface area contributed by atoms with E-state index >= 15 is 0 Å². The predicted octanol–water partition coefficient (Wildman–Crippen LogP) is 4.64. The fourth-order valence-electron chi connectivity index (χ4n) is 1.95. The highest BCUT2D eigenvalue weighted by Gasteiger charge is 2.11. The van der Waals surface area contributed by atoms with Gasteiger partial charge in [0.15, 0.2) is 0 Å². The summed E-state index contributed by atoms with van der Waals surface area (Å²) in [5.74, 6) is 1.46. The van der Waals surface area contributed by atoms with Crippen LogP contribution in [0.2, 0.25) is 0 Å². The first-order chi connectivity index (χ1) is 10.4. The Morgan fingerprint density at radius 2 is 1.55 bits per heavy atom. The molecular weight excluding hydrogens is 274 g/mol. The minimum atomic E-state index is -0.0458. The van der Waals surface area contributed by atoms with Crippen molar-refractivity contribution in [3.05, 3.63) is 60.2 Å². The van der Waals surface area contributed by atoms with Crippen molar-refractivity contribution in [1.29, 1.82) is 0 Å². The second kappa shape index (κ2) is 7.12. The number of nitrogens with one attached hydrogen (secondary N) is 1. The molecule has 0 fully saturated rings. The van der Waals surface area contributed by atoms with E-state index in [9.17, 15) is 4.79 Å².